The molecule has 1 aromatic rings. The Morgan fingerprint density at radius 1 is 1.03 bits per heavy atom. The number of hydrogen-bond donors (Lipinski definition) is 0. The van der Waals surface area contributed by atoms with Crippen LogP contribution in [0.25, 0.3) is 0 Å². The van der Waals surface area contributed by atoms with Crippen LogP contribution in [0.2, 0.25) is 0 Å². The second kappa shape index (κ2) is 9.22. The number of nitrogens with zero attached hydrogens (tertiary/aromatic N) is 3. The second-order valence-electron chi connectivity index (χ2n) is 9.70. The van der Waals surface area contributed by atoms with Gasteiger partial charge in [-0.2, -0.15) is 4.31 Å². The SMILES string of the molecule is CC(=O)N1CCCc2cc(S(=O)(=O)N3CCCC(C(=O)N4CCC5(CC4)OCCO5)C3)ccc21. The van der Waals surface area contributed by atoms with E-state index in [0.717, 1.165) is 24.1 Å². The van der Waals surface area contributed by atoms with Crippen molar-refractivity contribution in [2.75, 3.05) is 50.8 Å². The van der Waals surface area contributed by atoms with Crippen LogP contribution in [0.1, 0.15) is 44.6 Å². The molecule has 3 fully saturated rings. The van der Waals surface area contributed by atoms with Crippen molar-refractivity contribution in [2.45, 2.75) is 56.1 Å². The van der Waals surface area contributed by atoms with Gasteiger partial charge in [-0.25, -0.2) is 8.42 Å². The van der Waals surface area contributed by atoms with Crippen LogP contribution in [0.4, 0.5) is 5.69 Å². The number of sulfonamides is 1. The molecule has 1 unspecified atom stereocenters. The molecule has 9 nitrogen and oxygen atoms in total. The predicted octanol–water partition coefficient (Wildman–Crippen LogP) is 1.75. The molecule has 34 heavy (non-hydrogen) atoms. The van der Waals surface area contributed by atoms with Gasteiger partial charge in [0.05, 0.1) is 24.0 Å². The molecule has 1 aromatic carbocycles. The van der Waals surface area contributed by atoms with Crippen molar-refractivity contribution >= 4 is 27.5 Å². The minimum absolute atomic E-state index is 0.0234. The van der Waals surface area contributed by atoms with Gasteiger partial charge >= 0.3 is 0 Å². The molecule has 0 bridgehead atoms. The fourth-order valence-electron chi connectivity index (χ4n) is 5.68. The lowest BCUT2D eigenvalue weighted by atomic mass is 9.96. The van der Waals surface area contributed by atoms with Gasteiger partial charge in [0.2, 0.25) is 21.8 Å². The van der Waals surface area contributed by atoms with Crippen LogP contribution in [0.5, 0.6) is 0 Å². The summed E-state index contributed by atoms with van der Waals surface area (Å²) in [7, 11) is -3.73. The Balaban J connectivity index is 1.28. The largest absolute Gasteiger partial charge is 0.347 e. The van der Waals surface area contributed by atoms with E-state index in [0.29, 0.717) is 65.1 Å². The lowest BCUT2D eigenvalue weighted by molar-refractivity contribution is -0.188. The van der Waals surface area contributed by atoms with Crippen molar-refractivity contribution in [1.82, 2.24) is 9.21 Å². The standard InChI is InChI=1S/C24H33N3O6S/c1-18(28)27-11-3-4-19-16-21(6-7-22(19)27)34(30,31)26-10-2-5-20(17-26)23(29)25-12-8-24(9-13-25)32-14-15-33-24/h6-7,16,20H,2-5,8-15,17H2,1H3. The summed E-state index contributed by atoms with van der Waals surface area (Å²) in [5.74, 6) is -0.892. The third-order valence-electron chi connectivity index (χ3n) is 7.57. The molecule has 0 saturated carbocycles. The highest BCUT2D eigenvalue weighted by Crippen LogP contribution is 2.34. The zero-order chi connectivity index (χ0) is 23.9. The molecule has 1 spiro atoms. The molecule has 2 amide bonds. The molecular formula is C24H33N3O6S. The zero-order valence-corrected chi connectivity index (χ0v) is 20.5. The molecule has 0 aliphatic carbocycles. The summed E-state index contributed by atoms with van der Waals surface area (Å²) in [5, 5.41) is 0. The minimum Gasteiger partial charge on any atom is -0.347 e. The highest BCUT2D eigenvalue weighted by Gasteiger charge is 2.43. The molecular weight excluding hydrogens is 458 g/mol. The highest BCUT2D eigenvalue weighted by atomic mass is 32.2. The summed E-state index contributed by atoms with van der Waals surface area (Å²) in [6.45, 7) is 5.12. The Labute approximate surface area is 201 Å². The number of amides is 2. The third kappa shape index (κ3) is 4.36. The van der Waals surface area contributed by atoms with E-state index in [2.05, 4.69) is 0 Å². The van der Waals surface area contributed by atoms with E-state index in [1.807, 2.05) is 4.90 Å². The summed E-state index contributed by atoms with van der Waals surface area (Å²) < 4.78 is 40.0. The average molecular weight is 492 g/mol. The van der Waals surface area contributed by atoms with Gasteiger partial charge in [0.25, 0.3) is 0 Å². The first kappa shape index (κ1) is 23.7. The lowest BCUT2D eigenvalue weighted by Gasteiger charge is -2.40. The number of carbonyl (C=O) groups is 2. The lowest BCUT2D eigenvalue weighted by Crippen LogP contribution is -2.51. The van der Waals surface area contributed by atoms with Crippen LogP contribution in [0.3, 0.4) is 0 Å². The van der Waals surface area contributed by atoms with Crippen molar-refractivity contribution < 1.29 is 27.5 Å². The zero-order valence-electron chi connectivity index (χ0n) is 19.7. The van der Waals surface area contributed by atoms with Gasteiger partial charge in [0, 0.05) is 58.2 Å². The quantitative estimate of drug-likeness (QED) is 0.639. The second-order valence-corrected chi connectivity index (χ2v) is 11.6. The van der Waals surface area contributed by atoms with Crippen LogP contribution < -0.4 is 4.90 Å². The van der Waals surface area contributed by atoms with Gasteiger partial charge in [0.15, 0.2) is 5.79 Å². The van der Waals surface area contributed by atoms with E-state index in [-0.39, 0.29) is 29.2 Å². The molecule has 4 heterocycles. The number of carbonyl (C=O) groups excluding carboxylic acids is 2. The monoisotopic (exact) mass is 491 g/mol. The number of aryl methyl sites for hydroxylation is 1. The first-order valence-corrected chi connectivity index (χ1v) is 13.7. The van der Waals surface area contributed by atoms with E-state index in [1.165, 1.54) is 11.2 Å². The molecule has 10 heteroatoms. The van der Waals surface area contributed by atoms with Crippen molar-refractivity contribution in [3.8, 4) is 0 Å². The molecule has 1 atom stereocenters. The summed E-state index contributed by atoms with van der Waals surface area (Å²) in [5.41, 5.74) is 1.67. The van der Waals surface area contributed by atoms with Crippen molar-refractivity contribution in [3.63, 3.8) is 0 Å². The van der Waals surface area contributed by atoms with Crippen molar-refractivity contribution in [2.24, 2.45) is 5.92 Å². The summed E-state index contributed by atoms with van der Waals surface area (Å²) >= 11 is 0. The van der Waals surface area contributed by atoms with Crippen LogP contribution in [0.15, 0.2) is 23.1 Å². The smallest absolute Gasteiger partial charge is 0.243 e. The molecule has 0 N–H and O–H groups in total. The van der Waals surface area contributed by atoms with Gasteiger partial charge in [-0.1, -0.05) is 0 Å². The van der Waals surface area contributed by atoms with E-state index in [4.69, 9.17) is 9.47 Å². The number of likely N-dealkylation sites (tertiary alicyclic amines) is 1. The first-order valence-electron chi connectivity index (χ1n) is 12.3. The summed E-state index contributed by atoms with van der Waals surface area (Å²) in [6.07, 6.45) is 4.21. The first-order chi connectivity index (χ1) is 16.3. The van der Waals surface area contributed by atoms with Gasteiger partial charge < -0.3 is 19.3 Å². The fourth-order valence-corrected chi connectivity index (χ4v) is 7.26. The molecule has 186 valence electrons. The predicted molar refractivity (Wildman–Crippen MR) is 125 cm³/mol. The van der Waals surface area contributed by atoms with Crippen LogP contribution in [-0.4, -0.2) is 81.2 Å². The van der Waals surface area contributed by atoms with Crippen molar-refractivity contribution in [1.29, 1.82) is 0 Å². The highest BCUT2D eigenvalue weighted by molar-refractivity contribution is 7.89. The Morgan fingerprint density at radius 2 is 1.76 bits per heavy atom. The minimum atomic E-state index is -3.73. The third-order valence-corrected chi connectivity index (χ3v) is 9.43. The molecule has 4 aliphatic heterocycles. The van der Waals surface area contributed by atoms with Gasteiger partial charge in [-0.05, 0) is 49.4 Å². The van der Waals surface area contributed by atoms with Gasteiger partial charge in [-0.15, -0.1) is 0 Å². The van der Waals surface area contributed by atoms with E-state index in [9.17, 15) is 18.0 Å². The number of piperidine rings is 2. The molecule has 3 saturated heterocycles. The fraction of sp³-hybridized carbons (Fsp3) is 0.667. The number of hydrogen-bond acceptors (Lipinski definition) is 6. The normalized spacial score (nSPS) is 25.4. The number of rotatable bonds is 3. The van der Waals surface area contributed by atoms with Gasteiger partial charge in [0.1, 0.15) is 0 Å². The molecule has 0 aromatic heterocycles. The Morgan fingerprint density at radius 3 is 2.47 bits per heavy atom. The van der Waals surface area contributed by atoms with E-state index >= 15 is 0 Å². The van der Waals surface area contributed by atoms with Crippen LogP contribution >= 0.6 is 0 Å². The Kier molecular flexibility index (Phi) is 6.43. The maximum Gasteiger partial charge on any atom is 0.243 e. The van der Waals surface area contributed by atoms with Gasteiger partial charge in [-0.3, -0.25) is 9.59 Å². The van der Waals surface area contributed by atoms with Crippen LogP contribution in [0, 0.1) is 5.92 Å². The van der Waals surface area contributed by atoms with E-state index < -0.39 is 15.8 Å². The number of anilines is 1. The molecule has 5 rings (SSSR count). The number of benzene rings is 1. The topological polar surface area (TPSA) is 96.5 Å². The Hall–Kier alpha value is -2.01. The molecule has 0 radical (unpaired) electrons. The number of fused-ring (bicyclic) bond motifs is 1. The number of ether oxygens (including phenoxy) is 2. The summed E-state index contributed by atoms with van der Waals surface area (Å²) in [4.78, 5) is 29.0. The van der Waals surface area contributed by atoms with E-state index in [1.54, 1.807) is 23.1 Å². The maximum absolute atomic E-state index is 13.5. The maximum atomic E-state index is 13.5. The Bertz CT molecular complexity index is 1060. The molecule has 4 aliphatic rings. The summed E-state index contributed by atoms with van der Waals surface area (Å²) in [6, 6.07) is 5.04. The average Bonchev–Trinajstić information content (AvgIpc) is 3.31. The van der Waals surface area contributed by atoms with Crippen molar-refractivity contribution in [3.05, 3.63) is 23.8 Å². The van der Waals surface area contributed by atoms with Crippen LogP contribution in [-0.2, 0) is 35.5 Å².